The first-order valence-electron chi connectivity index (χ1n) is 8.82. The Balaban J connectivity index is 1.43. The van der Waals surface area contributed by atoms with Gasteiger partial charge >= 0.3 is 0 Å². The molecule has 0 unspecified atom stereocenters. The van der Waals surface area contributed by atoms with E-state index < -0.39 is 5.91 Å². The molecule has 0 saturated carbocycles. The summed E-state index contributed by atoms with van der Waals surface area (Å²) in [5.41, 5.74) is 1.45. The highest BCUT2D eigenvalue weighted by molar-refractivity contribution is 7.13. The predicted molar refractivity (Wildman–Crippen MR) is 107 cm³/mol. The van der Waals surface area contributed by atoms with Crippen LogP contribution in [0.3, 0.4) is 0 Å². The average Bonchev–Trinajstić information content (AvgIpc) is 3.19. The Hall–Kier alpha value is -3.17. The Morgan fingerprint density at radius 1 is 1.10 bits per heavy atom. The van der Waals surface area contributed by atoms with Gasteiger partial charge in [0, 0.05) is 5.69 Å². The molecule has 0 fully saturated rings. The van der Waals surface area contributed by atoms with E-state index >= 15 is 0 Å². The Morgan fingerprint density at radius 2 is 1.83 bits per heavy atom. The van der Waals surface area contributed by atoms with E-state index in [1.807, 2.05) is 37.3 Å². The SMILES string of the molecule is C[C@@H](NC(=O)COCc1nnc(C(=O)Nc2ccc(F)cc2)s1)c1ccccc1. The molecule has 0 radical (unpaired) electrons. The quantitative estimate of drug-likeness (QED) is 0.590. The molecule has 2 aromatic carbocycles. The Morgan fingerprint density at radius 3 is 2.55 bits per heavy atom. The molecule has 1 aromatic heterocycles. The van der Waals surface area contributed by atoms with Gasteiger partial charge in [-0.3, -0.25) is 9.59 Å². The third kappa shape index (κ3) is 6.16. The van der Waals surface area contributed by atoms with Crippen LogP contribution in [-0.2, 0) is 16.1 Å². The van der Waals surface area contributed by atoms with E-state index in [9.17, 15) is 14.0 Å². The first kappa shape index (κ1) is 20.6. The topological polar surface area (TPSA) is 93.2 Å². The molecular weight excluding hydrogens is 395 g/mol. The summed E-state index contributed by atoms with van der Waals surface area (Å²) >= 11 is 1.06. The van der Waals surface area contributed by atoms with Gasteiger partial charge in [0.1, 0.15) is 24.0 Å². The summed E-state index contributed by atoms with van der Waals surface area (Å²) in [6.45, 7) is 1.83. The molecule has 150 valence electrons. The average molecular weight is 414 g/mol. The van der Waals surface area contributed by atoms with Crippen LogP contribution in [0, 0.1) is 5.82 Å². The Labute approximate surface area is 170 Å². The van der Waals surface area contributed by atoms with Gasteiger partial charge in [0.2, 0.25) is 10.9 Å². The summed E-state index contributed by atoms with van der Waals surface area (Å²) in [7, 11) is 0. The van der Waals surface area contributed by atoms with Gasteiger partial charge in [0.15, 0.2) is 0 Å². The maximum atomic E-state index is 12.9. The third-order valence-electron chi connectivity index (χ3n) is 3.90. The fourth-order valence-electron chi connectivity index (χ4n) is 2.46. The van der Waals surface area contributed by atoms with Crippen LogP contribution in [0.15, 0.2) is 54.6 Å². The van der Waals surface area contributed by atoms with Crippen molar-refractivity contribution in [1.82, 2.24) is 15.5 Å². The summed E-state index contributed by atoms with van der Waals surface area (Å²) < 4.78 is 18.3. The molecule has 0 saturated heterocycles. The van der Waals surface area contributed by atoms with Crippen LogP contribution in [0.5, 0.6) is 0 Å². The molecule has 9 heteroatoms. The van der Waals surface area contributed by atoms with E-state index in [4.69, 9.17) is 4.74 Å². The number of benzene rings is 2. The molecule has 0 aliphatic carbocycles. The molecule has 3 rings (SSSR count). The number of ether oxygens (including phenoxy) is 1. The first-order valence-corrected chi connectivity index (χ1v) is 9.64. The first-order chi connectivity index (χ1) is 14.0. The van der Waals surface area contributed by atoms with Crippen molar-refractivity contribution in [2.24, 2.45) is 0 Å². The highest BCUT2D eigenvalue weighted by Crippen LogP contribution is 2.15. The second-order valence-electron chi connectivity index (χ2n) is 6.15. The number of carbonyl (C=O) groups is 2. The monoisotopic (exact) mass is 414 g/mol. The minimum atomic E-state index is -0.449. The lowest BCUT2D eigenvalue weighted by molar-refractivity contribution is -0.126. The van der Waals surface area contributed by atoms with E-state index in [1.54, 1.807) is 0 Å². The summed E-state index contributed by atoms with van der Waals surface area (Å²) in [6, 6.07) is 14.9. The van der Waals surface area contributed by atoms with Crippen molar-refractivity contribution in [3.63, 3.8) is 0 Å². The van der Waals surface area contributed by atoms with Crippen LogP contribution in [0.4, 0.5) is 10.1 Å². The standard InChI is InChI=1S/C20H19FN4O3S/c1-13(14-5-3-2-4-6-14)22-17(26)11-28-12-18-24-25-20(29-18)19(27)23-16-9-7-15(21)8-10-16/h2-10,13H,11-12H2,1H3,(H,22,26)(H,23,27)/t13-/m1/s1. The number of hydrogen-bond donors (Lipinski definition) is 2. The number of hydrogen-bond acceptors (Lipinski definition) is 6. The molecule has 0 spiro atoms. The number of anilines is 1. The molecule has 1 atom stereocenters. The Bertz CT molecular complexity index is 963. The van der Waals surface area contributed by atoms with Crippen molar-refractivity contribution in [2.45, 2.75) is 19.6 Å². The van der Waals surface area contributed by atoms with Gasteiger partial charge < -0.3 is 15.4 Å². The third-order valence-corrected chi connectivity index (χ3v) is 4.79. The van der Waals surface area contributed by atoms with Gasteiger partial charge in [0.25, 0.3) is 5.91 Å². The zero-order valence-corrected chi connectivity index (χ0v) is 16.4. The van der Waals surface area contributed by atoms with Gasteiger partial charge in [-0.1, -0.05) is 41.7 Å². The molecule has 1 heterocycles. The molecule has 0 bridgehead atoms. The highest BCUT2D eigenvalue weighted by Gasteiger charge is 2.14. The lowest BCUT2D eigenvalue weighted by atomic mass is 10.1. The fourth-order valence-corrected chi connectivity index (χ4v) is 3.13. The van der Waals surface area contributed by atoms with E-state index in [0.29, 0.717) is 10.7 Å². The predicted octanol–water partition coefficient (Wildman–Crippen LogP) is 3.32. The second-order valence-corrected chi connectivity index (χ2v) is 7.22. The van der Waals surface area contributed by atoms with Crippen LogP contribution in [0.2, 0.25) is 0 Å². The van der Waals surface area contributed by atoms with Crippen LogP contribution < -0.4 is 10.6 Å². The number of carbonyl (C=O) groups excluding carboxylic acids is 2. The van der Waals surface area contributed by atoms with E-state index in [-0.39, 0.29) is 36.0 Å². The summed E-state index contributed by atoms with van der Waals surface area (Å²) in [5, 5.41) is 13.8. The van der Waals surface area contributed by atoms with Gasteiger partial charge in [-0.2, -0.15) is 0 Å². The van der Waals surface area contributed by atoms with Crippen LogP contribution in [0.1, 0.15) is 33.3 Å². The molecule has 7 nitrogen and oxygen atoms in total. The normalized spacial score (nSPS) is 11.7. The van der Waals surface area contributed by atoms with Crippen LogP contribution in [0.25, 0.3) is 0 Å². The second kappa shape index (κ2) is 9.85. The van der Waals surface area contributed by atoms with Crippen molar-refractivity contribution in [3.8, 4) is 0 Å². The smallest absolute Gasteiger partial charge is 0.286 e. The molecule has 29 heavy (non-hydrogen) atoms. The lowest BCUT2D eigenvalue weighted by Gasteiger charge is -2.14. The maximum absolute atomic E-state index is 12.9. The number of aromatic nitrogens is 2. The number of rotatable bonds is 8. The molecule has 2 N–H and O–H groups in total. The number of amides is 2. The molecule has 0 aliphatic rings. The minimum Gasteiger partial charge on any atom is -0.364 e. The van der Waals surface area contributed by atoms with Gasteiger partial charge in [0.05, 0.1) is 6.04 Å². The van der Waals surface area contributed by atoms with Crippen LogP contribution in [-0.4, -0.2) is 28.6 Å². The van der Waals surface area contributed by atoms with E-state index in [0.717, 1.165) is 16.9 Å². The number of nitrogens with zero attached hydrogens (tertiary/aromatic N) is 2. The van der Waals surface area contributed by atoms with Gasteiger partial charge in [-0.25, -0.2) is 4.39 Å². The van der Waals surface area contributed by atoms with Crippen LogP contribution >= 0.6 is 11.3 Å². The number of nitrogens with one attached hydrogen (secondary N) is 2. The zero-order valence-electron chi connectivity index (χ0n) is 15.6. The maximum Gasteiger partial charge on any atom is 0.286 e. The fraction of sp³-hybridized carbons (Fsp3) is 0.200. The van der Waals surface area contributed by atoms with Crippen molar-refractivity contribution in [1.29, 1.82) is 0 Å². The molecule has 3 aromatic rings. The van der Waals surface area contributed by atoms with E-state index in [1.165, 1.54) is 24.3 Å². The van der Waals surface area contributed by atoms with Crippen molar-refractivity contribution >= 4 is 28.8 Å². The van der Waals surface area contributed by atoms with Crippen molar-refractivity contribution < 1.29 is 18.7 Å². The van der Waals surface area contributed by atoms with Crippen molar-refractivity contribution in [2.75, 3.05) is 11.9 Å². The summed E-state index contributed by atoms with van der Waals surface area (Å²) in [5.74, 6) is -1.09. The van der Waals surface area contributed by atoms with Crippen molar-refractivity contribution in [3.05, 3.63) is 76.0 Å². The summed E-state index contributed by atoms with van der Waals surface area (Å²) in [6.07, 6.45) is 0. The molecular formula is C20H19FN4O3S. The Kier molecular flexibility index (Phi) is 6.99. The highest BCUT2D eigenvalue weighted by atomic mass is 32.1. The lowest BCUT2D eigenvalue weighted by Crippen LogP contribution is -2.30. The summed E-state index contributed by atoms with van der Waals surface area (Å²) in [4.78, 5) is 24.1. The minimum absolute atomic E-state index is 0.0641. The van der Waals surface area contributed by atoms with Gasteiger partial charge in [-0.05, 0) is 36.8 Å². The number of halogens is 1. The van der Waals surface area contributed by atoms with E-state index in [2.05, 4.69) is 20.8 Å². The molecule has 2 amide bonds. The largest absolute Gasteiger partial charge is 0.364 e. The van der Waals surface area contributed by atoms with Gasteiger partial charge in [-0.15, -0.1) is 10.2 Å². The zero-order chi connectivity index (χ0) is 20.6. The molecule has 0 aliphatic heterocycles.